The third kappa shape index (κ3) is 2.27. The molecule has 4 rings (SSSR count). The highest BCUT2D eigenvalue weighted by Gasteiger charge is 2.52. The van der Waals surface area contributed by atoms with Crippen LogP contribution in [0.4, 0.5) is 5.95 Å². The molecule has 0 amide bonds. The molecule has 0 aromatic carbocycles. The van der Waals surface area contributed by atoms with Gasteiger partial charge in [0.05, 0.1) is 12.9 Å². The quantitative estimate of drug-likeness (QED) is 0.444. The van der Waals surface area contributed by atoms with Crippen LogP contribution in [-0.2, 0) is 18.3 Å². The number of nitrogens with zero attached hydrogens (tertiary/aromatic N) is 3. The van der Waals surface area contributed by atoms with E-state index in [1.54, 1.807) is 0 Å². The molecule has 2 aliphatic rings. The minimum absolute atomic E-state index is 0.0230. The van der Waals surface area contributed by atoms with E-state index in [0.29, 0.717) is 0 Å². The predicted molar refractivity (Wildman–Crippen MR) is 73.1 cm³/mol. The molecule has 0 aliphatic carbocycles. The molecule has 2 aromatic rings. The second-order valence-electron chi connectivity index (χ2n) is 5.17. The lowest BCUT2D eigenvalue weighted by atomic mass is 10.1. The molecule has 2 fully saturated rings. The molecule has 0 saturated carbocycles. The van der Waals surface area contributed by atoms with Crippen LogP contribution in [0.1, 0.15) is 6.23 Å². The summed E-state index contributed by atoms with van der Waals surface area (Å²) in [5.74, 6) is -0.117. The van der Waals surface area contributed by atoms with Crippen molar-refractivity contribution >= 4 is 24.9 Å². The Bertz CT molecular complexity index is 880. The number of nitrogens with one attached hydrogen (secondary N) is 1. The average Bonchev–Trinajstić information content (AvgIpc) is 3.00. The number of imidazole rings is 1. The minimum atomic E-state index is -4.22. The second-order valence-corrected chi connectivity index (χ2v) is 6.57. The number of H-pyrrole nitrogens is 1. The van der Waals surface area contributed by atoms with Crippen LogP contribution >= 0.6 is 7.82 Å². The number of aliphatic hydroxyl groups excluding tert-OH is 1. The highest BCUT2D eigenvalue weighted by atomic mass is 31.2. The van der Waals surface area contributed by atoms with Crippen molar-refractivity contribution in [3.63, 3.8) is 0 Å². The molecule has 2 aromatic heterocycles. The van der Waals surface area contributed by atoms with Crippen LogP contribution in [0.3, 0.4) is 0 Å². The summed E-state index contributed by atoms with van der Waals surface area (Å²) in [6, 6.07) is 0. The van der Waals surface area contributed by atoms with E-state index in [4.69, 9.17) is 15.0 Å². The maximum absolute atomic E-state index is 11.8. The number of anilines is 1. The van der Waals surface area contributed by atoms with Crippen molar-refractivity contribution in [1.82, 2.24) is 19.5 Å². The second kappa shape index (κ2) is 4.84. The smallest absolute Gasteiger partial charge is 0.386 e. The van der Waals surface area contributed by atoms with Gasteiger partial charge >= 0.3 is 7.82 Å². The largest absolute Gasteiger partial charge is 0.472 e. The normalized spacial score (nSPS) is 37.1. The Morgan fingerprint density at radius 2 is 2.30 bits per heavy atom. The summed E-state index contributed by atoms with van der Waals surface area (Å²) >= 11 is 0. The van der Waals surface area contributed by atoms with E-state index in [1.807, 2.05) is 0 Å². The van der Waals surface area contributed by atoms with Crippen molar-refractivity contribution in [2.45, 2.75) is 24.5 Å². The van der Waals surface area contributed by atoms with E-state index in [9.17, 15) is 19.4 Å². The molecule has 2 unspecified atom stereocenters. The van der Waals surface area contributed by atoms with Crippen LogP contribution in [0.2, 0.25) is 0 Å². The lowest BCUT2D eigenvalue weighted by molar-refractivity contribution is -0.0664. The van der Waals surface area contributed by atoms with E-state index in [0.717, 1.165) is 0 Å². The van der Waals surface area contributed by atoms with Crippen molar-refractivity contribution in [3.05, 3.63) is 16.7 Å². The number of aliphatic hydroxyl groups is 1. The van der Waals surface area contributed by atoms with Crippen molar-refractivity contribution in [2.75, 3.05) is 12.3 Å². The van der Waals surface area contributed by atoms with Gasteiger partial charge in [-0.15, -0.1) is 0 Å². The summed E-state index contributed by atoms with van der Waals surface area (Å²) in [4.78, 5) is 31.3. The predicted octanol–water partition coefficient (Wildman–Crippen LogP) is -1.52. The third-order valence-electron chi connectivity index (χ3n) is 3.69. The van der Waals surface area contributed by atoms with Crippen LogP contribution in [0.15, 0.2) is 11.1 Å². The SMILES string of the molecule is Nc1nc2c(ncn2[C@@H]2O[C@@H]3COP(=O)(O)OC3[C@@H]2O)c(=O)[nH]1. The van der Waals surface area contributed by atoms with Gasteiger partial charge in [0.25, 0.3) is 5.56 Å². The van der Waals surface area contributed by atoms with Gasteiger partial charge in [-0.2, -0.15) is 4.98 Å². The maximum atomic E-state index is 11.8. The van der Waals surface area contributed by atoms with Gasteiger partial charge in [0, 0.05) is 0 Å². The Hall–Kier alpha value is -1.82. The number of nitrogens with two attached hydrogens (primary N) is 1. The van der Waals surface area contributed by atoms with Crippen LogP contribution in [0.5, 0.6) is 0 Å². The molecular weight excluding hydrogens is 333 g/mol. The first kappa shape index (κ1) is 14.8. The van der Waals surface area contributed by atoms with Crippen LogP contribution in [-0.4, -0.2) is 54.4 Å². The fraction of sp³-hybridized carbons (Fsp3) is 0.500. The molecular formula is C10H12N5O7P. The molecule has 5 N–H and O–H groups in total. The van der Waals surface area contributed by atoms with Gasteiger partial charge in [0.15, 0.2) is 17.4 Å². The number of phosphoric ester groups is 1. The van der Waals surface area contributed by atoms with Gasteiger partial charge in [-0.1, -0.05) is 0 Å². The summed E-state index contributed by atoms with van der Waals surface area (Å²) in [5, 5.41) is 10.4. The molecule has 124 valence electrons. The fourth-order valence-corrected chi connectivity index (χ4v) is 3.66. The van der Waals surface area contributed by atoms with Crippen molar-refractivity contribution in [3.8, 4) is 0 Å². The third-order valence-corrected chi connectivity index (χ3v) is 4.68. The fourth-order valence-electron chi connectivity index (χ4n) is 2.69. The lowest BCUT2D eigenvalue weighted by Gasteiger charge is -2.27. The Morgan fingerprint density at radius 1 is 1.52 bits per heavy atom. The molecule has 0 spiro atoms. The first-order chi connectivity index (χ1) is 10.9. The molecule has 13 heteroatoms. The highest BCUT2D eigenvalue weighted by Crippen LogP contribution is 2.52. The summed E-state index contributed by atoms with van der Waals surface area (Å²) < 4.78 is 27.9. The first-order valence-corrected chi connectivity index (χ1v) is 8.07. The number of fused-ring (bicyclic) bond motifs is 2. The molecule has 4 heterocycles. The standard InChI is InChI=1S/C10H12N5O7P/c11-10-13-7-4(8(17)14-10)12-2-15(7)9-5(16)6-3(21-9)1-20-23(18,19)22-6/h2-3,5-6,9,16H,1H2,(H,18,19)(H3,11,13,14,17)/t3-,5+,6?,9-/m1/s1. The summed E-state index contributed by atoms with van der Waals surface area (Å²) in [6.45, 7) is -0.214. The monoisotopic (exact) mass is 345 g/mol. The molecule has 2 saturated heterocycles. The summed E-state index contributed by atoms with van der Waals surface area (Å²) in [7, 11) is -4.22. The number of aromatic amines is 1. The van der Waals surface area contributed by atoms with Crippen LogP contribution < -0.4 is 11.3 Å². The van der Waals surface area contributed by atoms with Crippen LogP contribution in [0.25, 0.3) is 11.2 Å². The number of nitrogen functional groups attached to an aromatic ring is 1. The summed E-state index contributed by atoms with van der Waals surface area (Å²) in [5.41, 5.74) is 5.12. The lowest BCUT2D eigenvalue weighted by Crippen LogP contribution is -2.39. The maximum Gasteiger partial charge on any atom is 0.472 e. The van der Waals surface area contributed by atoms with Gasteiger partial charge in [-0.3, -0.25) is 23.4 Å². The molecule has 2 aliphatic heterocycles. The van der Waals surface area contributed by atoms with Gasteiger partial charge in [-0.05, 0) is 0 Å². The van der Waals surface area contributed by atoms with E-state index >= 15 is 0 Å². The minimum Gasteiger partial charge on any atom is -0.386 e. The van der Waals surface area contributed by atoms with E-state index in [-0.39, 0.29) is 23.7 Å². The Kier molecular flexibility index (Phi) is 3.10. The van der Waals surface area contributed by atoms with Gasteiger partial charge in [0.1, 0.15) is 18.3 Å². The zero-order valence-corrected chi connectivity index (χ0v) is 12.3. The van der Waals surface area contributed by atoms with Crippen molar-refractivity contribution < 1.29 is 28.3 Å². The Labute approximate surface area is 127 Å². The molecule has 12 nitrogen and oxygen atoms in total. The van der Waals surface area contributed by atoms with E-state index in [2.05, 4.69) is 19.5 Å². The topological polar surface area (TPSA) is 175 Å². The van der Waals surface area contributed by atoms with Crippen molar-refractivity contribution in [2.24, 2.45) is 0 Å². The Balaban J connectivity index is 1.75. The highest BCUT2D eigenvalue weighted by molar-refractivity contribution is 7.47. The number of rotatable bonds is 1. The number of phosphoric acid groups is 1. The molecule has 5 atom stereocenters. The van der Waals surface area contributed by atoms with Gasteiger partial charge in [-0.25, -0.2) is 9.55 Å². The van der Waals surface area contributed by atoms with E-state index in [1.165, 1.54) is 10.9 Å². The van der Waals surface area contributed by atoms with Gasteiger partial charge < -0.3 is 20.5 Å². The average molecular weight is 345 g/mol. The van der Waals surface area contributed by atoms with Crippen LogP contribution in [0, 0.1) is 0 Å². The zero-order valence-electron chi connectivity index (χ0n) is 11.4. The van der Waals surface area contributed by atoms with Gasteiger partial charge in [0.2, 0.25) is 5.95 Å². The zero-order chi connectivity index (χ0) is 16.4. The number of aromatic nitrogens is 4. The number of ether oxygens (including phenoxy) is 1. The molecule has 0 radical (unpaired) electrons. The first-order valence-electron chi connectivity index (χ1n) is 6.57. The Morgan fingerprint density at radius 3 is 3.09 bits per heavy atom. The molecule has 23 heavy (non-hydrogen) atoms. The number of hydrogen-bond acceptors (Lipinski definition) is 9. The van der Waals surface area contributed by atoms with E-state index < -0.39 is 37.9 Å². The summed E-state index contributed by atoms with van der Waals surface area (Å²) in [6.07, 6.45) is -2.85. The molecule has 0 bridgehead atoms. The van der Waals surface area contributed by atoms with Crippen molar-refractivity contribution in [1.29, 1.82) is 0 Å². The number of hydrogen-bond donors (Lipinski definition) is 4.